The Morgan fingerprint density at radius 3 is 2.92 bits per heavy atom. The van der Waals surface area contributed by atoms with Gasteiger partial charge in [-0.2, -0.15) is 0 Å². The monoisotopic (exact) mass is 170 g/mol. The maximum absolute atomic E-state index is 10.9. The predicted octanol–water partition coefficient (Wildman–Crippen LogP) is 1.44. The summed E-state index contributed by atoms with van der Waals surface area (Å²) >= 11 is 0. The lowest BCUT2D eigenvalue weighted by Gasteiger charge is -2.19. The van der Waals surface area contributed by atoms with Crippen LogP contribution in [0.1, 0.15) is 19.8 Å². The van der Waals surface area contributed by atoms with Gasteiger partial charge in [0.05, 0.1) is 12.0 Å². The molecule has 0 spiro atoms. The van der Waals surface area contributed by atoms with Crippen LogP contribution < -0.4 is 0 Å². The number of hydrogen-bond donors (Lipinski definition) is 1. The Morgan fingerprint density at radius 1 is 1.75 bits per heavy atom. The fourth-order valence-electron chi connectivity index (χ4n) is 1.37. The average Bonchev–Trinajstić information content (AvgIpc) is 2.50. The average molecular weight is 170 g/mol. The van der Waals surface area contributed by atoms with Crippen LogP contribution in [0.4, 0.5) is 0 Å². The number of carboxylic acids is 1. The first kappa shape index (κ1) is 9.26. The van der Waals surface area contributed by atoms with Crippen molar-refractivity contribution in [2.75, 3.05) is 13.2 Å². The molecule has 1 aliphatic heterocycles. The molecule has 1 heterocycles. The Morgan fingerprint density at radius 2 is 2.50 bits per heavy atom. The van der Waals surface area contributed by atoms with E-state index in [9.17, 15) is 4.79 Å². The summed E-state index contributed by atoms with van der Waals surface area (Å²) in [5.41, 5.74) is -0.646. The topological polar surface area (TPSA) is 46.5 Å². The smallest absolute Gasteiger partial charge is 0.312 e. The molecule has 1 unspecified atom stereocenters. The molecule has 0 bridgehead atoms. The van der Waals surface area contributed by atoms with E-state index in [2.05, 4.69) is 0 Å². The Kier molecular flexibility index (Phi) is 2.87. The van der Waals surface area contributed by atoms with Crippen LogP contribution in [0.3, 0.4) is 0 Å². The minimum Gasteiger partial charge on any atom is -0.481 e. The van der Waals surface area contributed by atoms with Gasteiger partial charge in [-0.1, -0.05) is 12.2 Å². The van der Waals surface area contributed by atoms with E-state index in [-0.39, 0.29) is 0 Å². The number of carbonyl (C=O) groups is 1. The third-order valence-electron chi connectivity index (χ3n) is 2.30. The van der Waals surface area contributed by atoms with Crippen molar-refractivity contribution >= 4 is 5.97 Å². The van der Waals surface area contributed by atoms with Gasteiger partial charge in [0, 0.05) is 6.61 Å². The zero-order valence-corrected chi connectivity index (χ0v) is 7.25. The molecule has 1 fully saturated rings. The van der Waals surface area contributed by atoms with Gasteiger partial charge in [-0.3, -0.25) is 4.79 Å². The van der Waals surface area contributed by atoms with Crippen molar-refractivity contribution in [3.05, 3.63) is 12.2 Å². The number of rotatable bonds is 3. The van der Waals surface area contributed by atoms with Crippen LogP contribution in [-0.2, 0) is 9.53 Å². The van der Waals surface area contributed by atoms with E-state index in [1.54, 1.807) is 0 Å². The molecule has 0 aromatic heterocycles. The third-order valence-corrected chi connectivity index (χ3v) is 2.30. The molecule has 1 saturated heterocycles. The molecule has 68 valence electrons. The predicted molar refractivity (Wildman–Crippen MR) is 44.9 cm³/mol. The lowest BCUT2D eigenvalue weighted by molar-refractivity contribution is -0.148. The fraction of sp³-hybridized carbons (Fsp3) is 0.667. The van der Waals surface area contributed by atoms with Gasteiger partial charge in [-0.25, -0.2) is 0 Å². The number of aliphatic carboxylic acids is 1. The van der Waals surface area contributed by atoms with Crippen molar-refractivity contribution in [3.63, 3.8) is 0 Å². The number of carboxylic acid groups (broad SMARTS) is 1. The van der Waals surface area contributed by atoms with Crippen LogP contribution in [0.15, 0.2) is 12.2 Å². The van der Waals surface area contributed by atoms with Crippen molar-refractivity contribution < 1.29 is 14.6 Å². The summed E-state index contributed by atoms with van der Waals surface area (Å²) in [7, 11) is 0. The van der Waals surface area contributed by atoms with Crippen molar-refractivity contribution in [1.29, 1.82) is 0 Å². The Bertz CT molecular complexity index is 190. The highest BCUT2D eigenvalue weighted by Gasteiger charge is 2.41. The second kappa shape index (κ2) is 3.72. The van der Waals surface area contributed by atoms with Gasteiger partial charge in [0.15, 0.2) is 0 Å². The molecule has 1 rings (SSSR count). The number of hydrogen-bond acceptors (Lipinski definition) is 2. The summed E-state index contributed by atoms with van der Waals surface area (Å²) in [6, 6.07) is 0. The molecule has 3 heteroatoms. The number of allylic oxidation sites excluding steroid dienone is 2. The quantitative estimate of drug-likeness (QED) is 0.652. The van der Waals surface area contributed by atoms with Crippen LogP contribution in [0, 0.1) is 5.41 Å². The van der Waals surface area contributed by atoms with E-state index in [1.165, 1.54) is 0 Å². The van der Waals surface area contributed by atoms with Crippen LogP contribution in [0.2, 0.25) is 0 Å². The minimum atomic E-state index is -0.738. The fourth-order valence-corrected chi connectivity index (χ4v) is 1.37. The van der Waals surface area contributed by atoms with Gasteiger partial charge in [0.25, 0.3) is 0 Å². The molecule has 0 aliphatic carbocycles. The van der Waals surface area contributed by atoms with Gasteiger partial charge in [0.1, 0.15) is 0 Å². The largest absolute Gasteiger partial charge is 0.481 e. The summed E-state index contributed by atoms with van der Waals surface area (Å²) in [6.07, 6.45) is 4.98. The highest BCUT2D eigenvalue weighted by atomic mass is 16.5. The SMILES string of the molecule is CC=CCC1(C(=O)O)CCOC1. The third kappa shape index (κ3) is 1.67. The molecular weight excluding hydrogens is 156 g/mol. The molecule has 0 saturated carbocycles. The summed E-state index contributed by atoms with van der Waals surface area (Å²) in [5, 5.41) is 8.98. The molecular formula is C9H14O3. The van der Waals surface area contributed by atoms with Gasteiger partial charge in [0.2, 0.25) is 0 Å². The minimum absolute atomic E-state index is 0.354. The van der Waals surface area contributed by atoms with E-state index in [1.807, 2.05) is 19.1 Å². The second-order valence-corrected chi connectivity index (χ2v) is 3.16. The maximum Gasteiger partial charge on any atom is 0.312 e. The molecule has 0 aromatic carbocycles. The van der Waals surface area contributed by atoms with E-state index < -0.39 is 11.4 Å². The molecule has 0 aromatic rings. The van der Waals surface area contributed by atoms with Gasteiger partial charge in [-0.05, 0) is 19.8 Å². The molecule has 1 atom stereocenters. The van der Waals surface area contributed by atoms with Crippen LogP contribution in [-0.4, -0.2) is 24.3 Å². The Labute approximate surface area is 72.0 Å². The summed E-state index contributed by atoms with van der Waals surface area (Å²) in [5.74, 6) is -0.738. The van der Waals surface area contributed by atoms with Crippen molar-refractivity contribution in [3.8, 4) is 0 Å². The first-order valence-corrected chi connectivity index (χ1v) is 4.13. The van der Waals surface area contributed by atoms with Crippen LogP contribution >= 0.6 is 0 Å². The van der Waals surface area contributed by atoms with Crippen LogP contribution in [0.5, 0.6) is 0 Å². The maximum atomic E-state index is 10.9. The molecule has 0 amide bonds. The second-order valence-electron chi connectivity index (χ2n) is 3.16. The van der Waals surface area contributed by atoms with Gasteiger partial charge >= 0.3 is 5.97 Å². The summed E-state index contributed by atoms with van der Waals surface area (Å²) < 4.78 is 5.10. The first-order chi connectivity index (χ1) is 5.71. The van der Waals surface area contributed by atoms with E-state index in [0.717, 1.165) is 0 Å². The highest BCUT2D eigenvalue weighted by Crippen LogP contribution is 2.32. The Balaban J connectivity index is 2.65. The standard InChI is InChI=1S/C9H14O3/c1-2-3-4-9(8(10)11)5-6-12-7-9/h2-3H,4-7H2,1H3,(H,10,11). The van der Waals surface area contributed by atoms with Gasteiger partial charge < -0.3 is 9.84 Å². The van der Waals surface area contributed by atoms with E-state index in [4.69, 9.17) is 9.84 Å². The highest BCUT2D eigenvalue weighted by molar-refractivity contribution is 5.75. The first-order valence-electron chi connectivity index (χ1n) is 4.13. The molecule has 3 nitrogen and oxygen atoms in total. The normalized spacial score (nSPS) is 29.8. The molecule has 1 aliphatic rings. The van der Waals surface area contributed by atoms with Crippen molar-refractivity contribution in [2.45, 2.75) is 19.8 Å². The zero-order chi connectivity index (χ0) is 9.03. The zero-order valence-electron chi connectivity index (χ0n) is 7.25. The van der Waals surface area contributed by atoms with E-state index >= 15 is 0 Å². The van der Waals surface area contributed by atoms with E-state index in [0.29, 0.717) is 26.1 Å². The number of ether oxygens (including phenoxy) is 1. The molecule has 0 radical (unpaired) electrons. The summed E-state index contributed by atoms with van der Waals surface area (Å²) in [4.78, 5) is 10.9. The molecule has 1 N–H and O–H groups in total. The van der Waals surface area contributed by atoms with Crippen molar-refractivity contribution in [2.24, 2.45) is 5.41 Å². The van der Waals surface area contributed by atoms with Crippen molar-refractivity contribution in [1.82, 2.24) is 0 Å². The Hall–Kier alpha value is -0.830. The van der Waals surface area contributed by atoms with Gasteiger partial charge in [-0.15, -0.1) is 0 Å². The van der Waals surface area contributed by atoms with Crippen LogP contribution in [0.25, 0.3) is 0 Å². The summed E-state index contributed by atoms with van der Waals surface area (Å²) in [6.45, 7) is 2.82. The molecule has 12 heavy (non-hydrogen) atoms. The lowest BCUT2D eigenvalue weighted by atomic mass is 9.84. The lowest BCUT2D eigenvalue weighted by Crippen LogP contribution is -2.30.